The molecule has 0 bridgehead atoms. The molecule has 0 atom stereocenters. The van der Waals surface area contributed by atoms with Crippen LogP contribution >= 0.6 is 46.4 Å². The van der Waals surface area contributed by atoms with Crippen LogP contribution in [0.4, 0.5) is 0 Å². The van der Waals surface area contributed by atoms with Gasteiger partial charge in [-0.2, -0.15) is 0 Å². The summed E-state index contributed by atoms with van der Waals surface area (Å²) in [5, 5.41) is 10.9. The van der Waals surface area contributed by atoms with Gasteiger partial charge in [0.25, 0.3) is 0 Å². The lowest BCUT2D eigenvalue weighted by molar-refractivity contribution is 1.77. The zero-order valence-corrected chi connectivity index (χ0v) is 16.3. The van der Waals surface area contributed by atoms with Crippen molar-refractivity contribution in [2.45, 2.75) is 0 Å². The van der Waals surface area contributed by atoms with Crippen LogP contribution in [0.25, 0.3) is 43.1 Å². The number of hydrogen-bond acceptors (Lipinski definition) is 0. The summed E-state index contributed by atoms with van der Waals surface area (Å²) in [6.07, 6.45) is 0. The summed E-state index contributed by atoms with van der Waals surface area (Å²) in [5.74, 6) is 0. The second-order valence-corrected chi connectivity index (χ2v) is 8.05. The zero-order chi connectivity index (χ0) is 18.0. The fraction of sp³-hybridized carbons (Fsp3) is 0. The van der Waals surface area contributed by atoms with Crippen molar-refractivity contribution in [3.8, 4) is 0 Å². The van der Waals surface area contributed by atoms with Gasteiger partial charge in [0.15, 0.2) is 0 Å². The molecule has 126 valence electrons. The molecular formula is C22H10Cl4. The van der Waals surface area contributed by atoms with Crippen LogP contribution in [0.1, 0.15) is 0 Å². The topological polar surface area (TPSA) is 0 Å². The van der Waals surface area contributed by atoms with Crippen molar-refractivity contribution in [3.05, 3.63) is 80.8 Å². The van der Waals surface area contributed by atoms with Gasteiger partial charge < -0.3 is 0 Å². The molecule has 4 heteroatoms. The highest BCUT2D eigenvalue weighted by molar-refractivity contribution is 6.43. The molecule has 5 aromatic rings. The monoisotopic (exact) mass is 414 g/mol. The second kappa shape index (κ2) is 5.90. The van der Waals surface area contributed by atoms with E-state index in [1.807, 2.05) is 24.3 Å². The average Bonchev–Trinajstić information content (AvgIpc) is 2.60. The van der Waals surface area contributed by atoms with Gasteiger partial charge in [0.05, 0.1) is 0 Å². The largest absolute Gasteiger partial charge is 0.0843 e. The van der Waals surface area contributed by atoms with Gasteiger partial charge in [0.1, 0.15) is 0 Å². The van der Waals surface area contributed by atoms with Gasteiger partial charge in [0.2, 0.25) is 0 Å². The Hall–Kier alpha value is -1.70. The van der Waals surface area contributed by atoms with Crippen molar-refractivity contribution in [3.63, 3.8) is 0 Å². The van der Waals surface area contributed by atoms with Crippen LogP contribution in [0.5, 0.6) is 0 Å². The van der Waals surface area contributed by atoms with Crippen molar-refractivity contribution in [2.24, 2.45) is 0 Å². The molecular weight excluding hydrogens is 406 g/mol. The maximum atomic E-state index is 6.46. The van der Waals surface area contributed by atoms with Crippen LogP contribution in [-0.2, 0) is 0 Å². The Morgan fingerprint density at radius 2 is 0.808 bits per heavy atom. The summed E-state index contributed by atoms with van der Waals surface area (Å²) in [5.41, 5.74) is 0. The van der Waals surface area contributed by atoms with Crippen LogP contribution in [0.2, 0.25) is 20.1 Å². The molecule has 0 N–H and O–H groups in total. The van der Waals surface area contributed by atoms with Gasteiger partial charge >= 0.3 is 0 Å². The predicted molar refractivity (Wildman–Crippen MR) is 117 cm³/mol. The Bertz CT molecular complexity index is 1260. The fourth-order valence-corrected chi connectivity index (χ4v) is 4.87. The summed E-state index contributed by atoms with van der Waals surface area (Å²) in [4.78, 5) is 0. The van der Waals surface area contributed by atoms with Crippen LogP contribution in [-0.4, -0.2) is 0 Å². The van der Waals surface area contributed by atoms with Gasteiger partial charge in [0, 0.05) is 30.9 Å². The number of fused-ring (bicyclic) bond motifs is 7. The lowest BCUT2D eigenvalue weighted by atomic mass is 9.93. The van der Waals surface area contributed by atoms with Crippen molar-refractivity contribution in [2.75, 3.05) is 0 Å². The molecule has 0 unspecified atom stereocenters. The molecule has 0 aliphatic heterocycles. The Morgan fingerprint density at radius 1 is 0.423 bits per heavy atom. The van der Waals surface area contributed by atoms with Crippen LogP contribution in [0.3, 0.4) is 0 Å². The molecule has 5 aromatic carbocycles. The van der Waals surface area contributed by atoms with Gasteiger partial charge in [-0.1, -0.05) is 82.8 Å². The van der Waals surface area contributed by atoms with E-state index in [0.717, 1.165) is 43.1 Å². The van der Waals surface area contributed by atoms with E-state index in [4.69, 9.17) is 46.4 Å². The molecule has 0 fully saturated rings. The quantitative estimate of drug-likeness (QED) is 0.221. The molecule has 0 radical (unpaired) electrons. The van der Waals surface area contributed by atoms with Crippen molar-refractivity contribution >= 4 is 89.5 Å². The molecule has 0 saturated carbocycles. The highest BCUT2D eigenvalue weighted by Gasteiger charge is 2.13. The summed E-state index contributed by atoms with van der Waals surface area (Å²) in [6, 6.07) is 20.0. The number of rotatable bonds is 0. The average molecular weight is 416 g/mol. The first-order chi connectivity index (χ1) is 12.5. The van der Waals surface area contributed by atoms with E-state index in [1.165, 1.54) is 0 Å². The van der Waals surface area contributed by atoms with Gasteiger partial charge in [-0.05, 0) is 56.6 Å². The smallest absolute Gasteiger partial charge is 0.0499 e. The van der Waals surface area contributed by atoms with Crippen molar-refractivity contribution < 1.29 is 0 Å². The maximum absolute atomic E-state index is 6.46. The Morgan fingerprint density at radius 3 is 1.23 bits per heavy atom. The minimum Gasteiger partial charge on any atom is -0.0843 e. The zero-order valence-electron chi connectivity index (χ0n) is 13.3. The molecule has 0 nitrogen and oxygen atoms in total. The molecule has 0 aromatic heterocycles. The lowest BCUT2D eigenvalue weighted by Crippen LogP contribution is -1.85. The summed E-state index contributed by atoms with van der Waals surface area (Å²) >= 11 is 25.5. The maximum Gasteiger partial charge on any atom is 0.0499 e. The minimum absolute atomic E-state index is 0.614. The van der Waals surface area contributed by atoms with Crippen molar-refractivity contribution in [1.29, 1.82) is 0 Å². The molecule has 26 heavy (non-hydrogen) atoms. The Labute approximate surface area is 169 Å². The van der Waals surface area contributed by atoms with Gasteiger partial charge in [-0.3, -0.25) is 0 Å². The van der Waals surface area contributed by atoms with E-state index < -0.39 is 0 Å². The van der Waals surface area contributed by atoms with E-state index >= 15 is 0 Å². The predicted octanol–water partition coefficient (Wildman–Crippen LogP) is 8.91. The first-order valence-corrected chi connectivity index (χ1v) is 9.56. The van der Waals surface area contributed by atoms with E-state index in [1.54, 1.807) is 12.1 Å². The summed E-state index contributed by atoms with van der Waals surface area (Å²) in [6.45, 7) is 0. The standard InChI is InChI=1S/C22H10Cl4/c23-13-7-17-15(19(25)9-13)5-3-11-1-2-12-4-6-16-18(22(12)21(11)17)8-14(24)10-20(16)26/h1-10H. The van der Waals surface area contributed by atoms with Crippen molar-refractivity contribution in [1.82, 2.24) is 0 Å². The van der Waals surface area contributed by atoms with E-state index in [9.17, 15) is 0 Å². The van der Waals surface area contributed by atoms with Gasteiger partial charge in [-0.15, -0.1) is 0 Å². The fourth-order valence-electron chi connectivity index (χ4n) is 3.76. The van der Waals surface area contributed by atoms with Crippen LogP contribution < -0.4 is 0 Å². The lowest BCUT2D eigenvalue weighted by Gasteiger charge is -2.13. The third-order valence-corrected chi connectivity index (χ3v) is 5.92. The van der Waals surface area contributed by atoms with Crippen LogP contribution in [0.15, 0.2) is 60.7 Å². The van der Waals surface area contributed by atoms with E-state index in [2.05, 4.69) is 24.3 Å². The second-order valence-electron chi connectivity index (χ2n) is 6.36. The Kier molecular flexibility index (Phi) is 3.74. The number of benzene rings is 5. The molecule has 0 spiro atoms. The molecule has 0 aliphatic carbocycles. The highest BCUT2D eigenvalue weighted by Crippen LogP contribution is 2.41. The van der Waals surface area contributed by atoms with E-state index in [-0.39, 0.29) is 0 Å². The highest BCUT2D eigenvalue weighted by atomic mass is 35.5. The van der Waals surface area contributed by atoms with E-state index in [0.29, 0.717) is 20.1 Å². The first kappa shape index (κ1) is 16.5. The number of halogens is 4. The van der Waals surface area contributed by atoms with Crippen LogP contribution in [0, 0.1) is 0 Å². The summed E-state index contributed by atoms with van der Waals surface area (Å²) < 4.78 is 0. The first-order valence-electron chi connectivity index (χ1n) is 8.05. The molecule has 0 aliphatic rings. The Balaban J connectivity index is 2.17. The third kappa shape index (κ3) is 2.37. The molecule has 0 amide bonds. The normalized spacial score (nSPS) is 11.8. The minimum atomic E-state index is 0.614. The molecule has 5 rings (SSSR count). The third-order valence-electron chi connectivity index (χ3n) is 4.86. The van der Waals surface area contributed by atoms with Gasteiger partial charge in [-0.25, -0.2) is 0 Å². The molecule has 0 heterocycles. The summed E-state index contributed by atoms with van der Waals surface area (Å²) in [7, 11) is 0. The number of hydrogen-bond donors (Lipinski definition) is 0. The SMILES string of the molecule is Clc1cc(Cl)c2ccc3ccc4ccc5c(Cl)cc(Cl)cc5c4c3c2c1. The molecule has 0 saturated heterocycles.